The Morgan fingerprint density at radius 1 is 1.09 bits per heavy atom. The number of amides is 1. The lowest BCUT2D eigenvalue weighted by Crippen LogP contribution is -2.49. The normalized spacial score (nSPS) is 12.4. The minimum Gasteiger partial charge on any atom is -0.481 e. The van der Waals surface area contributed by atoms with Crippen LogP contribution in [0.15, 0.2) is 0 Å². The molecule has 0 aromatic rings. The zero-order chi connectivity index (χ0) is 17.9. The fourth-order valence-electron chi connectivity index (χ4n) is 1.72. The molecule has 0 saturated carbocycles. The number of nitrogens with one attached hydrogen (secondary N) is 1. The standard InChI is InChI=1S/C13H26N2O3.C2H4O2.BrH/c1-8(2)6-10(14)12(16)15-11(7-9(3)4)13(17)18-5;1-2(3)4;/h8-11H,6-7,14H2,1-5H3,(H,15,16);1H3,(H,3,4);1H. The predicted octanol–water partition coefficient (Wildman–Crippen LogP) is 1.73. The van der Waals surface area contributed by atoms with E-state index in [9.17, 15) is 9.59 Å². The van der Waals surface area contributed by atoms with E-state index < -0.39 is 24.0 Å². The van der Waals surface area contributed by atoms with Gasteiger partial charge in [0.2, 0.25) is 5.91 Å². The van der Waals surface area contributed by atoms with Crippen molar-refractivity contribution in [3.63, 3.8) is 0 Å². The molecule has 7 nitrogen and oxygen atoms in total. The Morgan fingerprint density at radius 2 is 1.48 bits per heavy atom. The number of carbonyl (C=O) groups excluding carboxylic acids is 2. The minimum atomic E-state index is -0.833. The number of aliphatic carboxylic acids is 1. The quantitative estimate of drug-likeness (QED) is 0.561. The summed E-state index contributed by atoms with van der Waals surface area (Å²) in [4.78, 5) is 32.4. The summed E-state index contributed by atoms with van der Waals surface area (Å²) in [5, 5.41) is 10.1. The monoisotopic (exact) mass is 398 g/mol. The van der Waals surface area contributed by atoms with Crippen LogP contribution < -0.4 is 11.1 Å². The molecule has 138 valence electrons. The van der Waals surface area contributed by atoms with Gasteiger partial charge in [0.15, 0.2) is 0 Å². The Kier molecular flexibility index (Phi) is 16.8. The molecule has 0 heterocycles. The molecule has 2 unspecified atom stereocenters. The Hall–Kier alpha value is -1.15. The van der Waals surface area contributed by atoms with E-state index in [-0.39, 0.29) is 28.8 Å². The molecular formula is C15H31BrN2O5. The van der Waals surface area contributed by atoms with E-state index in [1.54, 1.807) is 0 Å². The van der Waals surface area contributed by atoms with Crippen LogP contribution in [0.25, 0.3) is 0 Å². The molecule has 0 aromatic heterocycles. The van der Waals surface area contributed by atoms with Gasteiger partial charge >= 0.3 is 5.97 Å². The summed E-state index contributed by atoms with van der Waals surface area (Å²) in [6.07, 6.45) is 1.15. The van der Waals surface area contributed by atoms with Crippen molar-refractivity contribution < 1.29 is 24.2 Å². The van der Waals surface area contributed by atoms with E-state index in [1.165, 1.54) is 7.11 Å². The zero-order valence-electron chi connectivity index (χ0n) is 14.8. The number of hydrogen-bond acceptors (Lipinski definition) is 5. The van der Waals surface area contributed by atoms with Crippen molar-refractivity contribution in [1.29, 1.82) is 0 Å². The van der Waals surface area contributed by atoms with Crippen LogP contribution in [0, 0.1) is 11.8 Å². The van der Waals surface area contributed by atoms with Crippen molar-refractivity contribution in [2.24, 2.45) is 17.6 Å². The third-order valence-electron chi connectivity index (χ3n) is 2.57. The number of methoxy groups -OCH3 is 1. The third-order valence-corrected chi connectivity index (χ3v) is 2.57. The first-order valence-corrected chi connectivity index (χ1v) is 7.34. The molecule has 0 aromatic carbocycles. The number of esters is 1. The van der Waals surface area contributed by atoms with Gasteiger partial charge in [0.05, 0.1) is 13.2 Å². The van der Waals surface area contributed by atoms with E-state index >= 15 is 0 Å². The lowest BCUT2D eigenvalue weighted by atomic mass is 10.0. The van der Waals surface area contributed by atoms with Gasteiger partial charge in [-0.25, -0.2) is 4.79 Å². The van der Waals surface area contributed by atoms with Gasteiger partial charge in [-0.05, 0) is 24.7 Å². The molecule has 4 N–H and O–H groups in total. The van der Waals surface area contributed by atoms with Crippen LogP contribution in [0.4, 0.5) is 0 Å². The lowest BCUT2D eigenvalue weighted by Gasteiger charge is -2.21. The predicted molar refractivity (Wildman–Crippen MR) is 94.5 cm³/mol. The highest BCUT2D eigenvalue weighted by Crippen LogP contribution is 2.08. The largest absolute Gasteiger partial charge is 0.481 e. The van der Waals surface area contributed by atoms with E-state index in [1.807, 2.05) is 27.7 Å². The molecule has 0 rings (SSSR count). The Labute approximate surface area is 149 Å². The van der Waals surface area contributed by atoms with Crippen molar-refractivity contribution >= 4 is 34.8 Å². The van der Waals surface area contributed by atoms with E-state index in [0.717, 1.165) is 6.92 Å². The van der Waals surface area contributed by atoms with Crippen LogP contribution in [0.5, 0.6) is 0 Å². The van der Waals surface area contributed by atoms with Gasteiger partial charge in [0.25, 0.3) is 5.97 Å². The van der Waals surface area contributed by atoms with Gasteiger partial charge in [0.1, 0.15) is 6.04 Å². The molecule has 0 bridgehead atoms. The van der Waals surface area contributed by atoms with Gasteiger partial charge in [-0.15, -0.1) is 17.0 Å². The molecule has 0 aliphatic rings. The van der Waals surface area contributed by atoms with Crippen molar-refractivity contribution in [3.05, 3.63) is 0 Å². The van der Waals surface area contributed by atoms with Crippen LogP contribution in [-0.2, 0) is 19.1 Å². The Bertz CT molecular complexity index is 358. The molecule has 8 heteroatoms. The second-order valence-corrected chi connectivity index (χ2v) is 5.97. The summed E-state index contributed by atoms with van der Waals surface area (Å²) in [5.74, 6) is -0.920. The molecule has 1 amide bonds. The molecule has 23 heavy (non-hydrogen) atoms. The number of carboxylic acids is 1. The van der Waals surface area contributed by atoms with Crippen molar-refractivity contribution in [2.75, 3.05) is 7.11 Å². The topological polar surface area (TPSA) is 119 Å². The molecule has 0 fully saturated rings. The molecule has 0 aliphatic heterocycles. The number of ether oxygens (including phenoxy) is 1. The van der Waals surface area contributed by atoms with E-state index in [4.69, 9.17) is 15.6 Å². The summed E-state index contributed by atoms with van der Waals surface area (Å²) < 4.78 is 4.68. The highest BCUT2D eigenvalue weighted by atomic mass is 79.9. The first kappa shape index (κ1) is 26.7. The van der Waals surface area contributed by atoms with Crippen LogP contribution in [0.1, 0.15) is 47.5 Å². The number of carbonyl (C=O) groups is 3. The van der Waals surface area contributed by atoms with Gasteiger partial charge in [0, 0.05) is 6.92 Å². The van der Waals surface area contributed by atoms with Crippen LogP contribution in [-0.4, -0.2) is 42.1 Å². The van der Waals surface area contributed by atoms with Gasteiger partial charge in [-0.2, -0.15) is 0 Å². The smallest absolute Gasteiger partial charge is 0.328 e. The lowest BCUT2D eigenvalue weighted by molar-refractivity contribution is -0.145. The molecular weight excluding hydrogens is 368 g/mol. The van der Waals surface area contributed by atoms with Gasteiger partial charge in [-0.1, -0.05) is 27.7 Å². The number of halogens is 1. The number of hydrogen-bond donors (Lipinski definition) is 3. The number of carboxylic acid groups (broad SMARTS) is 1. The summed E-state index contributed by atoms with van der Waals surface area (Å²) in [7, 11) is 1.32. The highest BCUT2D eigenvalue weighted by molar-refractivity contribution is 8.93. The fraction of sp³-hybridized carbons (Fsp3) is 0.800. The second-order valence-electron chi connectivity index (χ2n) is 5.97. The van der Waals surface area contributed by atoms with Crippen LogP contribution in [0.3, 0.4) is 0 Å². The van der Waals surface area contributed by atoms with Crippen LogP contribution in [0.2, 0.25) is 0 Å². The summed E-state index contributed by atoms with van der Waals surface area (Å²) in [6.45, 7) is 9.05. The Morgan fingerprint density at radius 3 is 1.78 bits per heavy atom. The van der Waals surface area contributed by atoms with E-state index in [0.29, 0.717) is 18.8 Å². The SMILES string of the molecule is Br.CC(=O)O.COC(=O)C(CC(C)C)NC(=O)C(N)CC(C)C. The first-order chi connectivity index (χ1) is 10.0. The molecule has 0 radical (unpaired) electrons. The Balaban J connectivity index is -0.000000712. The zero-order valence-corrected chi connectivity index (χ0v) is 16.5. The maximum atomic E-state index is 11.8. The minimum absolute atomic E-state index is 0. The van der Waals surface area contributed by atoms with Crippen molar-refractivity contribution in [2.45, 2.75) is 59.5 Å². The van der Waals surface area contributed by atoms with Gasteiger partial charge in [-0.3, -0.25) is 9.59 Å². The second kappa shape index (κ2) is 14.4. The average molecular weight is 399 g/mol. The summed E-state index contributed by atoms with van der Waals surface area (Å²) >= 11 is 0. The fourth-order valence-corrected chi connectivity index (χ4v) is 1.72. The number of nitrogens with two attached hydrogens (primary N) is 1. The first-order valence-electron chi connectivity index (χ1n) is 7.34. The number of rotatable bonds is 7. The summed E-state index contributed by atoms with van der Waals surface area (Å²) in [6, 6.07) is -1.19. The molecule has 0 aliphatic carbocycles. The molecule has 2 atom stereocenters. The maximum absolute atomic E-state index is 11.8. The van der Waals surface area contributed by atoms with Crippen molar-refractivity contribution in [1.82, 2.24) is 5.32 Å². The highest BCUT2D eigenvalue weighted by Gasteiger charge is 2.25. The van der Waals surface area contributed by atoms with E-state index in [2.05, 4.69) is 10.1 Å². The van der Waals surface area contributed by atoms with Crippen molar-refractivity contribution in [3.8, 4) is 0 Å². The molecule has 0 spiro atoms. The third kappa shape index (κ3) is 17.0. The summed E-state index contributed by atoms with van der Waals surface area (Å²) in [5.41, 5.74) is 5.77. The van der Waals surface area contributed by atoms with Gasteiger partial charge < -0.3 is 20.9 Å². The maximum Gasteiger partial charge on any atom is 0.328 e. The molecule has 0 saturated heterocycles. The average Bonchev–Trinajstić information content (AvgIpc) is 2.34. The van der Waals surface area contributed by atoms with Crippen LogP contribution >= 0.6 is 17.0 Å².